The SMILES string of the molecule is O=P([O-])([O-])O.O=P([O-])([O-])O.O=P([O-])([O-])[O-].O=P([O-])([O-])[O-].O=P([O-])([O-])[O-].O=P([O-])([O-])[O-].O=P([O-])([O-])[O-].O=P([O-])([O-])[O-].[Ca+2].[Ca+2].[Ca+2].[Ca+2].[Ca+2].[Ca+2].[Ca+2].[Ca+2].[Ca+2].[Fe+2].[Mg+2]. The third-order valence-electron chi connectivity index (χ3n) is 0. The Morgan fingerprint density at radius 2 is 0.235 bits per heavy atom. The molecule has 0 aliphatic rings. The first-order valence-electron chi connectivity index (χ1n) is 5.88. The third kappa shape index (κ3) is 1320. The van der Waals surface area contributed by atoms with Crippen molar-refractivity contribution in [2.24, 2.45) is 0 Å². The molecule has 0 rings (SSSR count). The molecule has 0 spiro atoms. The molecule has 0 amide bonds. The van der Waals surface area contributed by atoms with Gasteiger partial charge in [0.25, 0.3) is 0 Å². The van der Waals surface area contributed by atoms with Crippen LogP contribution in [0.5, 0.6) is 0 Å². The Morgan fingerprint density at radius 3 is 0.235 bits per heavy atom. The molecule has 0 heterocycles. The molecule has 2 N–H and O–H groups in total. The second-order valence-corrected chi connectivity index (χ2v) is 10.9. The maximum atomic E-state index is 8.66. The Balaban J connectivity index is -0.0000000131. The molecule has 0 aliphatic heterocycles. The zero-order valence-electron chi connectivity index (χ0n) is 24.1. The molecule has 51 heteroatoms. The van der Waals surface area contributed by atoms with Crippen molar-refractivity contribution in [3.05, 3.63) is 0 Å². The van der Waals surface area contributed by atoms with E-state index in [0.717, 1.165) is 0 Å². The average molecular weight is 1200 g/mol. The molecule has 51 heavy (non-hydrogen) atoms. The molecule has 0 aromatic heterocycles. The van der Waals surface area contributed by atoms with Gasteiger partial charge in [-0.05, 0) is 0 Å². The van der Waals surface area contributed by atoms with Crippen LogP contribution in [0.3, 0.4) is 0 Å². The number of hydrogen-bond donors (Lipinski definition) is 2. The van der Waals surface area contributed by atoms with E-state index in [0.29, 0.717) is 0 Å². The van der Waals surface area contributed by atoms with Gasteiger partial charge in [0.1, 0.15) is 0 Å². The van der Waals surface area contributed by atoms with Gasteiger partial charge in [-0.3, -0.25) is 0 Å². The minimum Gasteiger partial charge on any atom is -0.822 e. The van der Waals surface area contributed by atoms with Crippen LogP contribution < -0.4 is 108 Å². The van der Waals surface area contributed by atoms with Crippen LogP contribution in [0.1, 0.15) is 0 Å². The smallest absolute Gasteiger partial charge is 0.822 e. The molecule has 0 aromatic carbocycles. The van der Waals surface area contributed by atoms with Crippen LogP contribution in [0.2, 0.25) is 0 Å². The van der Waals surface area contributed by atoms with Gasteiger partial charge in [0.05, 0.1) is 15.6 Å². The normalized spacial score (nSPS) is 9.25. The van der Waals surface area contributed by atoms with Gasteiger partial charge >= 0.3 is 380 Å². The summed E-state index contributed by atoms with van der Waals surface area (Å²) in [6.45, 7) is 0. The predicted octanol–water partition coefficient (Wildman–Crippen LogP) is -25.1. The van der Waals surface area contributed by atoms with Crippen molar-refractivity contribution in [2.45, 2.75) is 0 Å². The summed E-state index contributed by atoms with van der Waals surface area (Å²) in [6, 6.07) is 0. The van der Waals surface area contributed by atoms with Crippen molar-refractivity contribution in [2.75, 3.05) is 0 Å². The van der Waals surface area contributed by atoms with Crippen LogP contribution in [-0.2, 0) is 53.6 Å². The maximum absolute atomic E-state index is 8.66. The molecule has 0 radical (unpaired) electrons. The Bertz CT molecular complexity index is 686. The summed E-state index contributed by atoms with van der Waals surface area (Å²) >= 11 is 0. The summed E-state index contributed by atoms with van der Waals surface area (Å²) < 4.78 is 68.6. The molecule has 0 saturated heterocycles. The van der Waals surface area contributed by atoms with Gasteiger partial charge in [-0.2, -0.15) is 46.9 Å². The van der Waals surface area contributed by atoms with Crippen molar-refractivity contribution in [3.8, 4) is 0 Å². The van der Waals surface area contributed by atoms with E-state index in [-0.39, 0.29) is 380 Å². The standard InChI is InChI=1S/9Ca.Fe.Mg.8H3O4P/c;;;;;;;;;;;8*1-5(2,3)4/h;;;;;;;;;;;8*(H3,1,2,3,4)/q11*+2;;;;;;;;/p-22. The molecule has 0 atom stereocenters. The first-order valence-corrected chi connectivity index (χ1v) is 17.6. The van der Waals surface area contributed by atoms with E-state index < -0.39 is 62.6 Å². The second-order valence-electron chi connectivity index (χ2n) is 3.62. The first kappa shape index (κ1) is 126. The van der Waals surface area contributed by atoms with E-state index in [2.05, 4.69) is 0 Å². The fourth-order valence-corrected chi connectivity index (χ4v) is 0. The molecule has 0 bridgehead atoms. The number of phosphoric acid groups is 8. The minimum atomic E-state index is -5.39. The summed E-state index contributed by atoms with van der Waals surface area (Å²) in [4.78, 5) is 202. The van der Waals surface area contributed by atoms with Gasteiger partial charge in [-0.25, -0.2) is 0 Å². The molecule has 32 nitrogen and oxygen atoms in total. The van der Waals surface area contributed by atoms with Crippen molar-refractivity contribution >= 4 is 425 Å². The van der Waals surface area contributed by atoms with Gasteiger partial charge in [0.15, 0.2) is 0 Å². The van der Waals surface area contributed by atoms with Crippen LogP contribution >= 0.6 is 62.6 Å². The molecule has 0 unspecified atom stereocenters. The number of rotatable bonds is 0. The van der Waals surface area contributed by atoms with Crippen LogP contribution in [0.4, 0.5) is 0 Å². The molecule has 262 valence electrons. The van der Waals surface area contributed by atoms with E-state index in [1.165, 1.54) is 0 Å². The summed E-state index contributed by atoms with van der Waals surface area (Å²) in [5, 5.41) is 0. The van der Waals surface area contributed by atoms with Gasteiger partial charge in [0.2, 0.25) is 0 Å². The van der Waals surface area contributed by atoms with Crippen molar-refractivity contribution < 1.29 is 171 Å². The molecule has 0 saturated carbocycles. The topological polar surface area (TPSA) is 684 Å². The summed E-state index contributed by atoms with van der Waals surface area (Å²) in [6.07, 6.45) is 0. The van der Waals surface area contributed by atoms with E-state index in [9.17, 15) is 0 Å². The van der Waals surface area contributed by atoms with Crippen LogP contribution in [0.15, 0.2) is 0 Å². The molecule has 0 aliphatic carbocycles. The molecule has 0 fully saturated rings. The third-order valence-corrected chi connectivity index (χ3v) is 0. The Hall–Kier alpha value is 13.5. The summed E-state index contributed by atoms with van der Waals surface area (Å²) in [5.41, 5.74) is 0. The zero-order chi connectivity index (χ0) is 36.0. The van der Waals surface area contributed by atoms with E-state index in [1.54, 1.807) is 0 Å². The zero-order valence-corrected chi connectivity index (χ0v) is 53.7. The van der Waals surface area contributed by atoms with Crippen LogP contribution in [0.25, 0.3) is 0 Å². The Morgan fingerprint density at radius 1 is 0.235 bits per heavy atom. The molecule has 0 aromatic rings. The summed E-state index contributed by atoms with van der Waals surface area (Å²) in [7, 11) is -42.6. The quantitative estimate of drug-likeness (QED) is 0.168. The van der Waals surface area contributed by atoms with Gasteiger partial charge in [0, 0.05) is 0 Å². The van der Waals surface area contributed by atoms with Gasteiger partial charge < -0.3 is 154 Å². The van der Waals surface area contributed by atoms with Crippen molar-refractivity contribution in [3.63, 3.8) is 0 Å². The Labute approximate surface area is 581 Å². The van der Waals surface area contributed by atoms with E-state index in [4.69, 9.17) is 154 Å². The number of hydrogen-bond acceptors (Lipinski definition) is 30. The average Bonchev–Trinajstić information content (AvgIpc) is 2.16. The minimum absolute atomic E-state index is 0. The summed E-state index contributed by atoms with van der Waals surface area (Å²) in [5.74, 6) is 0. The maximum Gasteiger partial charge on any atom is 2.00 e. The Kier molecular flexibility index (Phi) is 162. The molecular formula is H2Ca9FeMgO32P8. The van der Waals surface area contributed by atoms with Gasteiger partial charge in [-0.1, -0.05) is 0 Å². The largest absolute Gasteiger partial charge is 2.00 e. The van der Waals surface area contributed by atoms with E-state index in [1.807, 2.05) is 0 Å². The van der Waals surface area contributed by atoms with Gasteiger partial charge in [-0.15, -0.1) is 0 Å². The predicted molar refractivity (Wildman–Crippen MR) is 123 cm³/mol. The van der Waals surface area contributed by atoms with E-state index >= 15 is 0 Å². The second kappa shape index (κ2) is 65.6. The van der Waals surface area contributed by atoms with Crippen molar-refractivity contribution in [1.82, 2.24) is 0 Å². The van der Waals surface area contributed by atoms with Crippen molar-refractivity contribution in [1.29, 1.82) is 0 Å². The monoisotopic (exact) mass is 1200 g/mol. The first-order chi connectivity index (χ1) is 16.0. The molecular weight excluding hydrogens is 1200 g/mol. The fraction of sp³-hybridized carbons (Fsp3) is 0. The van der Waals surface area contributed by atoms with Crippen LogP contribution in [-0.4, -0.2) is 372 Å². The van der Waals surface area contributed by atoms with Crippen LogP contribution in [0, 0.1) is 0 Å². The fourth-order valence-electron chi connectivity index (χ4n) is 0.